The van der Waals surface area contributed by atoms with Crippen molar-refractivity contribution in [3.63, 3.8) is 0 Å². The summed E-state index contributed by atoms with van der Waals surface area (Å²) in [7, 11) is 0. The average molecular weight is 191 g/mol. The van der Waals surface area contributed by atoms with Gasteiger partial charge in [0.1, 0.15) is 0 Å². The van der Waals surface area contributed by atoms with Crippen molar-refractivity contribution in [3.05, 3.63) is 41.5 Å². The highest BCUT2D eigenvalue weighted by Crippen LogP contribution is 2.04. The first-order valence-corrected chi connectivity index (χ1v) is 3.91. The van der Waals surface area contributed by atoms with Gasteiger partial charge >= 0.3 is 5.97 Å². The first kappa shape index (κ1) is 9.98. The predicted octanol–water partition coefficient (Wildman–Crippen LogP) is 1.59. The van der Waals surface area contributed by atoms with Crippen LogP contribution in [-0.2, 0) is 4.79 Å². The van der Waals surface area contributed by atoms with Crippen LogP contribution in [0.3, 0.4) is 0 Å². The number of hydrogen-bond acceptors (Lipinski definition) is 3. The van der Waals surface area contributed by atoms with E-state index in [1.54, 1.807) is 24.3 Å². The van der Waals surface area contributed by atoms with Gasteiger partial charge in [0.2, 0.25) is 0 Å². The quantitative estimate of drug-likeness (QED) is 0.330. The molecule has 14 heavy (non-hydrogen) atoms. The molecule has 0 fully saturated rings. The highest BCUT2D eigenvalue weighted by Gasteiger charge is 1.90. The number of oxime groups is 1. The average Bonchev–Trinajstić information content (AvgIpc) is 2.17. The molecule has 4 nitrogen and oxygen atoms in total. The fraction of sp³-hybridized carbons (Fsp3) is 0. The minimum Gasteiger partial charge on any atom is -0.478 e. The van der Waals surface area contributed by atoms with Crippen molar-refractivity contribution < 1.29 is 15.1 Å². The number of benzene rings is 1. The third-order valence-corrected chi connectivity index (χ3v) is 1.56. The third kappa shape index (κ3) is 3.10. The van der Waals surface area contributed by atoms with Crippen molar-refractivity contribution >= 4 is 18.3 Å². The molecule has 1 rings (SSSR count). The van der Waals surface area contributed by atoms with Gasteiger partial charge in [0.05, 0.1) is 6.21 Å². The molecule has 0 unspecified atom stereocenters. The van der Waals surface area contributed by atoms with Crippen LogP contribution in [-0.4, -0.2) is 22.5 Å². The Labute approximate surface area is 80.8 Å². The zero-order valence-corrected chi connectivity index (χ0v) is 7.29. The fourth-order valence-electron chi connectivity index (χ4n) is 0.927. The monoisotopic (exact) mass is 191 g/mol. The lowest BCUT2D eigenvalue weighted by Gasteiger charge is -1.93. The van der Waals surface area contributed by atoms with E-state index in [9.17, 15) is 4.79 Å². The van der Waals surface area contributed by atoms with Gasteiger partial charge in [-0.3, -0.25) is 0 Å². The second-order valence-corrected chi connectivity index (χ2v) is 2.58. The number of carbonyl (C=O) groups is 1. The van der Waals surface area contributed by atoms with Crippen LogP contribution in [0.4, 0.5) is 0 Å². The molecule has 0 aliphatic carbocycles. The summed E-state index contributed by atoms with van der Waals surface area (Å²) in [5.41, 5.74) is 1.53. The molecule has 0 spiro atoms. The molecule has 1 aromatic rings. The summed E-state index contributed by atoms with van der Waals surface area (Å²) in [4.78, 5) is 10.2. The predicted molar refractivity (Wildman–Crippen MR) is 52.5 cm³/mol. The molecule has 0 aliphatic rings. The van der Waals surface area contributed by atoms with Crippen LogP contribution in [0.15, 0.2) is 35.5 Å². The van der Waals surface area contributed by atoms with E-state index >= 15 is 0 Å². The van der Waals surface area contributed by atoms with Crippen molar-refractivity contribution in [3.8, 4) is 0 Å². The van der Waals surface area contributed by atoms with Crippen molar-refractivity contribution in [2.75, 3.05) is 0 Å². The molecular formula is C10H9NO3. The van der Waals surface area contributed by atoms with Crippen LogP contribution in [0.25, 0.3) is 6.08 Å². The molecule has 0 heterocycles. The molecule has 1 aromatic carbocycles. The third-order valence-electron chi connectivity index (χ3n) is 1.56. The lowest BCUT2D eigenvalue weighted by molar-refractivity contribution is -0.131. The molecule has 0 radical (unpaired) electrons. The minimum absolute atomic E-state index is 0.750. The largest absolute Gasteiger partial charge is 0.478 e. The Kier molecular flexibility index (Phi) is 3.43. The summed E-state index contributed by atoms with van der Waals surface area (Å²) < 4.78 is 0. The summed E-state index contributed by atoms with van der Waals surface area (Å²) >= 11 is 0. The Balaban J connectivity index is 2.78. The molecule has 0 bridgehead atoms. The Morgan fingerprint density at radius 2 is 1.79 bits per heavy atom. The van der Waals surface area contributed by atoms with Gasteiger partial charge in [0, 0.05) is 6.08 Å². The zero-order valence-electron chi connectivity index (χ0n) is 7.29. The summed E-state index contributed by atoms with van der Waals surface area (Å²) in [5, 5.41) is 19.5. The molecule has 0 saturated carbocycles. The van der Waals surface area contributed by atoms with Gasteiger partial charge in [-0.2, -0.15) is 0 Å². The van der Waals surface area contributed by atoms with E-state index in [0.717, 1.165) is 17.2 Å². The Morgan fingerprint density at radius 3 is 2.29 bits per heavy atom. The Morgan fingerprint density at radius 1 is 1.21 bits per heavy atom. The SMILES string of the molecule is O=C(O)C=Cc1ccc(C=NO)cc1. The van der Waals surface area contributed by atoms with E-state index in [-0.39, 0.29) is 0 Å². The smallest absolute Gasteiger partial charge is 0.328 e. The number of hydrogen-bond donors (Lipinski definition) is 2. The second kappa shape index (κ2) is 4.81. The standard InChI is InChI=1S/C10H9NO3/c12-10(13)6-5-8-1-3-9(4-2-8)7-11-14/h1-7,14H,(H,12,13). The van der Waals surface area contributed by atoms with Gasteiger partial charge in [-0.15, -0.1) is 0 Å². The first-order valence-electron chi connectivity index (χ1n) is 3.91. The van der Waals surface area contributed by atoms with E-state index in [1.807, 2.05) is 0 Å². The maximum atomic E-state index is 10.2. The van der Waals surface area contributed by atoms with Crippen LogP contribution in [0.2, 0.25) is 0 Å². The molecule has 2 N–H and O–H groups in total. The van der Waals surface area contributed by atoms with Gasteiger partial charge in [-0.05, 0) is 17.2 Å². The van der Waals surface area contributed by atoms with Gasteiger partial charge < -0.3 is 10.3 Å². The van der Waals surface area contributed by atoms with E-state index in [2.05, 4.69) is 5.16 Å². The van der Waals surface area contributed by atoms with Gasteiger partial charge in [0.15, 0.2) is 0 Å². The van der Waals surface area contributed by atoms with Crippen LogP contribution < -0.4 is 0 Å². The van der Waals surface area contributed by atoms with Crippen molar-refractivity contribution in [2.24, 2.45) is 5.16 Å². The highest BCUT2D eigenvalue weighted by atomic mass is 16.4. The Hall–Kier alpha value is -2.10. The Bertz CT molecular complexity index is 365. The van der Waals surface area contributed by atoms with E-state index in [1.165, 1.54) is 12.3 Å². The molecule has 0 saturated heterocycles. The molecule has 0 amide bonds. The van der Waals surface area contributed by atoms with E-state index in [0.29, 0.717) is 0 Å². The number of nitrogens with zero attached hydrogens (tertiary/aromatic N) is 1. The van der Waals surface area contributed by atoms with Crippen molar-refractivity contribution in [1.29, 1.82) is 0 Å². The topological polar surface area (TPSA) is 69.9 Å². The van der Waals surface area contributed by atoms with Crippen LogP contribution >= 0.6 is 0 Å². The second-order valence-electron chi connectivity index (χ2n) is 2.58. The number of carboxylic acids is 1. The first-order chi connectivity index (χ1) is 6.72. The molecule has 0 atom stereocenters. The van der Waals surface area contributed by atoms with E-state index < -0.39 is 5.97 Å². The van der Waals surface area contributed by atoms with E-state index in [4.69, 9.17) is 10.3 Å². The maximum Gasteiger partial charge on any atom is 0.328 e. The van der Waals surface area contributed by atoms with Crippen LogP contribution in [0.1, 0.15) is 11.1 Å². The van der Waals surface area contributed by atoms with Crippen molar-refractivity contribution in [2.45, 2.75) is 0 Å². The molecule has 4 heteroatoms. The zero-order chi connectivity index (χ0) is 10.4. The fourth-order valence-corrected chi connectivity index (χ4v) is 0.927. The maximum absolute atomic E-state index is 10.2. The number of carboxylic acid groups (broad SMARTS) is 1. The highest BCUT2D eigenvalue weighted by molar-refractivity contribution is 5.85. The summed E-state index contributed by atoms with van der Waals surface area (Å²) in [6.07, 6.45) is 3.85. The normalized spacial score (nSPS) is 11.1. The number of rotatable bonds is 3. The van der Waals surface area contributed by atoms with Gasteiger partial charge in [-0.25, -0.2) is 4.79 Å². The van der Waals surface area contributed by atoms with Crippen LogP contribution in [0.5, 0.6) is 0 Å². The molecule has 72 valence electrons. The lowest BCUT2D eigenvalue weighted by atomic mass is 10.1. The summed E-state index contributed by atoms with van der Waals surface area (Å²) in [6.45, 7) is 0. The lowest BCUT2D eigenvalue weighted by Crippen LogP contribution is -1.86. The van der Waals surface area contributed by atoms with Crippen molar-refractivity contribution in [1.82, 2.24) is 0 Å². The summed E-state index contributed by atoms with van der Waals surface area (Å²) in [5.74, 6) is -0.981. The summed E-state index contributed by atoms with van der Waals surface area (Å²) in [6, 6.07) is 6.91. The van der Waals surface area contributed by atoms with Gasteiger partial charge in [-0.1, -0.05) is 29.4 Å². The van der Waals surface area contributed by atoms with Crippen LogP contribution in [0, 0.1) is 0 Å². The number of aliphatic carboxylic acids is 1. The molecule has 0 aliphatic heterocycles. The van der Waals surface area contributed by atoms with Gasteiger partial charge in [0.25, 0.3) is 0 Å². The molecular weight excluding hydrogens is 182 g/mol. The minimum atomic E-state index is -0.981. The molecule has 0 aromatic heterocycles.